The Balaban J connectivity index is 2.18. The number of rotatable bonds is 5. The quantitative estimate of drug-likeness (QED) is 0.676. The maximum Gasteiger partial charge on any atom is 0.336 e. The number of para-hydroxylation sites is 1. The highest BCUT2D eigenvalue weighted by Gasteiger charge is 2.19. The Bertz CT molecular complexity index is 634. The Labute approximate surface area is 123 Å². The first-order valence-electron chi connectivity index (χ1n) is 6.40. The van der Waals surface area contributed by atoms with Crippen LogP contribution in [0.25, 0.3) is 0 Å². The van der Waals surface area contributed by atoms with E-state index in [0.29, 0.717) is 17.1 Å². The lowest BCUT2D eigenvalue weighted by atomic mass is 10.0. The second kappa shape index (κ2) is 6.72. The van der Waals surface area contributed by atoms with Crippen LogP contribution in [0.4, 0.5) is 0 Å². The van der Waals surface area contributed by atoms with Crippen molar-refractivity contribution in [1.82, 2.24) is 0 Å². The van der Waals surface area contributed by atoms with Gasteiger partial charge < -0.3 is 14.6 Å². The van der Waals surface area contributed by atoms with Crippen LogP contribution in [0.5, 0.6) is 11.5 Å². The van der Waals surface area contributed by atoms with Gasteiger partial charge >= 0.3 is 5.97 Å². The molecular weight excluding hydrogens is 268 g/mol. The lowest BCUT2D eigenvalue weighted by Crippen LogP contribution is -2.11. The van der Waals surface area contributed by atoms with Crippen LogP contribution in [0.15, 0.2) is 66.7 Å². The molecule has 0 radical (unpaired) electrons. The first-order valence-corrected chi connectivity index (χ1v) is 6.40. The van der Waals surface area contributed by atoms with Gasteiger partial charge in [-0.1, -0.05) is 36.9 Å². The molecule has 0 aromatic heterocycles. The molecule has 1 unspecified atom stereocenters. The molecule has 0 amide bonds. The molecule has 1 atom stereocenters. The highest BCUT2D eigenvalue weighted by Crippen LogP contribution is 2.27. The second-order valence-corrected chi connectivity index (χ2v) is 4.41. The van der Waals surface area contributed by atoms with Crippen molar-refractivity contribution in [2.24, 2.45) is 0 Å². The smallest absolute Gasteiger partial charge is 0.336 e. The molecule has 0 aliphatic rings. The average Bonchev–Trinajstić information content (AvgIpc) is 2.54. The minimum absolute atomic E-state index is 0.0191. The summed E-state index contributed by atoms with van der Waals surface area (Å²) in [5.41, 5.74) is 0.494. The molecule has 108 valence electrons. The SMILES string of the molecule is C=C(C(=O)OC)C(O)c1cccc(Oc2ccccc2)c1. The van der Waals surface area contributed by atoms with Crippen molar-refractivity contribution in [3.8, 4) is 11.5 Å². The number of esters is 1. The molecule has 0 bridgehead atoms. The molecule has 1 N–H and O–H groups in total. The molecule has 0 aliphatic carbocycles. The van der Waals surface area contributed by atoms with E-state index in [1.54, 1.807) is 24.3 Å². The van der Waals surface area contributed by atoms with Crippen LogP contribution >= 0.6 is 0 Å². The van der Waals surface area contributed by atoms with E-state index in [0.717, 1.165) is 0 Å². The molecule has 0 saturated heterocycles. The Morgan fingerprint density at radius 2 is 1.76 bits per heavy atom. The maximum absolute atomic E-state index is 11.4. The van der Waals surface area contributed by atoms with Gasteiger partial charge in [-0.2, -0.15) is 0 Å². The zero-order valence-corrected chi connectivity index (χ0v) is 11.7. The highest BCUT2D eigenvalue weighted by molar-refractivity contribution is 5.89. The van der Waals surface area contributed by atoms with Gasteiger partial charge in [0.2, 0.25) is 0 Å². The van der Waals surface area contributed by atoms with Crippen LogP contribution in [0.1, 0.15) is 11.7 Å². The second-order valence-electron chi connectivity index (χ2n) is 4.41. The summed E-state index contributed by atoms with van der Waals surface area (Å²) in [7, 11) is 1.25. The van der Waals surface area contributed by atoms with Crippen molar-refractivity contribution in [3.63, 3.8) is 0 Å². The van der Waals surface area contributed by atoms with Crippen molar-refractivity contribution in [1.29, 1.82) is 0 Å². The van der Waals surface area contributed by atoms with Gasteiger partial charge in [0.1, 0.15) is 17.6 Å². The van der Waals surface area contributed by atoms with E-state index in [4.69, 9.17) is 4.74 Å². The Morgan fingerprint density at radius 3 is 2.43 bits per heavy atom. The molecule has 2 aromatic carbocycles. The molecule has 21 heavy (non-hydrogen) atoms. The summed E-state index contributed by atoms with van der Waals surface area (Å²) in [5, 5.41) is 10.1. The summed E-state index contributed by atoms with van der Waals surface area (Å²) in [6.45, 7) is 3.55. The van der Waals surface area contributed by atoms with Gasteiger partial charge in [-0.15, -0.1) is 0 Å². The number of hydrogen-bond acceptors (Lipinski definition) is 4. The third-order valence-electron chi connectivity index (χ3n) is 2.93. The standard InChI is InChI=1S/C17H16O4/c1-12(17(19)20-2)16(18)13-7-6-10-15(11-13)21-14-8-4-3-5-9-14/h3-11,16,18H,1H2,2H3. The van der Waals surface area contributed by atoms with E-state index in [-0.39, 0.29) is 5.57 Å². The van der Waals surface area contributed by atoms with Gasteiger partial charge in [-0.05, 0) is 29.8 Å². The van der Waals surface area contributed by atoms with E-state index in [2.05, 4.69) is 11.3 Å². The summed E-state index contributed by atoms with van der Waals surface area (Å²) in [6, 6.07) is 16.1. The maximum atomic E-state index is 11.4. The van der Waals surface area contributed by atoms with Gasteiger partial charge in [-0.3, -0.25) is 0 Å². The van der Waals surface area contributed by atoms with Crippen LogP contribution < -0.4 is 4.74 Å². The number of carbonyl (C=O) groups is 1. The first kappa shape index (κ1) is 14.8. The molecule has 4 nitrogen and oxygen atoms in total. The fourth-order valence-corrected chi connectivity index (χ4v) is 1.82. The molecular formula is C17H16O4. The van der Waals surface area contributed by atoms with Gasteiger partial charge in [-0.25, -0.2) is 4.79 Å². The molecule has 4 heteroatoms. The predicted molar refractivity (Wildman–Crippen MR) is 79.1 cm³/mol. The predicted octanol–water partition coefficient (Wildman–Crippen LogP) is 3.24. The van der Waals surface area contributed by atoms with Crippen molar-refractivity contribution >= 4 is 5.97 Å². The van der Waals surface area contributed by atoms with Gasteiger partial charge in [0, 0.05) is 0 Å². The van der Waals surface area contributed by atoms with Crippen LogP contribution in [0.3, 0.4) is 0 Å². The van der Waals surface area contributed by atoms with Crippen molar-refractivity contribution in [3.05, 3.63) is 72.3 Å². The number of aliphatic hydroxyl groups excluding tert-OH is 1. The van der Waals surface area contributed by atoms with Crippen LogP contribution in [0.2, 0.25) is 0 Å². The number of carbonyl (C=O) groups excluding carboxylic acids is 1. The summed E-state index contributed by atoms with van der Waals surface area (Å²) >= 11 is 0. The van der Waals surface area contributed by atoms with Gasteiger partial charge in [0.05, 0.1) is 12.7 Å². The summed E-state index contributed by atoms with van der Waals surface area (Å²) < 4.78 is 10.2. The fraction of sp³-hybridized carbons (Fsp3) is 0.118. The average molecular weight is 284 g/mol. The van der Waals surface area contributed by atoms with Gasteiger partial charge in [0.25, 0.3) is 0 Å². The largest absolute Gasteiger partial charge is 0.466 e. The first-order chi connectivity index (χ1) is 10.1. The summed E-state index contributed by atoms with van der Waals surface area (Å²) in [4.78, 5) is 11.4. The van der Waals surface area contributed by atoms with Crippen molar-refractivity contribution < 1.29 is 19.4 Å². The molecule has 0 heterocycles. The van der Waals surface area contributed by atoms with Crippen molar-refractivity contribution in [2.75, 3.05) is 7.11 Å². The van der Waals surface area contributed by atoms with Crippen LogP contribution in [-0.4, -0.2) is 18.2 Å². The molecule has 0 spiro atoms. The number of methoxy groups -OCH3 is 1. The fourth-order valence-electron chi connectivity index (χ4n) is 1.82. The van der Waals surface area contributed by atoms with E-state index in [1.165, 1.54) is 7.11 Å². The van der Waals surface area contributed by atoms with E-state index < -0.39 is 12.1 Å². The Hall–Kier alpha value is -2.59. The number of hydrogen-bond donors (Lipinski definition) is 1. The highest BCUT2D eigenvalue weighted by atomic mass is 16.5. The van der Waals surface area contributed by atoms with Crippen molar-refractivity contribution in [2.45, 2.75) is 6.10 Å². The lowest BCUT2D eigenvalue weighted by Gasteiger charge is -2.13. The van der Waals surface area contributed by atoms with Crippen LogP contribution in [0, 0.1) is 0 Å². The molecule has 0 aliphatic heterocycles. The Morgan fingerprint density at radius 1 is 1.10 bits per heavy atom. The molecule has 0 saturated carbocycles. The summed E-state index contributed by atoms with van der Waals surface area (Å²) in [5.74, 6) is 0.614. The molecule has 2 rings (SSSR count). The normalized spacial score (nSPS) is 11.5. The minimum Gasteiger partial charge on any atom is -0.466 e. The molecule has 2 aromatic rings. The number of aliphatic hydroxyl groups is 1. The van der Waals surface area contributed by atoms with E-state index in [9.17, 15) is 9.90 Å². The summed E-state index contributed by atoms with van der Waals surface area (Å²) in [6.07, 6.45) is -1.13. The third kappa shape index (κ3) is 3.70. The number of ether oxygens (including phenoxy) is 2. The topological polar surface area (TPSA) is 55.8 Å². The minimum atomic E-state index is -1.13. The number of benzene rings is 2. The molecule has 0 fully saturated rings. The monoisotopic (exact) mass is 284 g/mol. The zero-order valence-electron chi connectivity index (χ0n) is 11.7. The van der Waals surface area contributed by atoms with Crippen LogP contribution in [-0.2, 0) is 9.53 Å². The van der Waals surface area contributed by atoms with E-state index in [1.807, 2.05) is 30.3 Å². The Kier molecular flexibility index (Phi) is 4.74. The zero-order chi connectivity index (χ0) is 15.2. The van der Waals surface area contributed by atoms with E-state index >= 15 is 0 Å². The third-order valence-corrected chi connectivity index (χ3v) is 2.93. The lowest BCUT2D eigenvalue weighted by molar-refractivity contribution is -0.137. The van der Waals surface area contributed by atoms with Gasteiger partial charge in [0.15, 0.2) is 0 Å².